The maximum Gasteiger partial charge on any atom is 0.408 e. The zero-order valence-electron chi connectivity index (χ0n) is 22.7. The summed E-state index contributed by atoms with van der Waals surface area (Å²) in [5.74, 6) is -5.94. The summed E-state index contributed by atoms with van der Waals surface area (Å²) >= 11 is 5.93. The minimum Gasteiger partial charge on any atom is -0.467 e. The summed E-state index contributed by atoms with van der Waals surface area (Å²) in [5, 5.41) is 7.66. The number of amides is 3. The third kappa shape index (κ3) is 8.59. The average molecular weight is 595 g/mol. The molecule has 13 heteroatoms. The Kier molecular flexibility index (Phi) is 11.4. The Morgan fingerprint density at radius 1 is 1.17 bits per heavy atom. The van der Waals surface area contributed by atoms with Crippen molar-refractivity contribution in [3.8, 4) is 0 Å². The number of hydrogen-bond acceptors (Lipinski definition) is 7. The van der Waals surface area contributed by atoms with E-state index in [9.17, 15) is 19.2 Å². The van der Waals surface area contributed by atoms with E-state index in [4.69, 9.17) is 21.1 Å². The zero-order chi connectivity index (χ0) is 30.0. The monoisotopic (exact) mass is 594 g/mol. The fourth-order valence-electron chi connectivity index (χ4n) is 4.48. The van der Waals surface area contributed by atoms with Crippen LogP contribution in [0.2, 0.25) is 5.02 Å². The first-order chi connectivity index (χ1) is 19.6. The van der Waals surface area contributed by atoms with Crippen LogP contribution in [0.4, 0.5) is 13.6 Å². The van der Waals surface area contributed by atoms with Gasteiger partial charge in [-0.1, -0.05) is 43.5 Å². The van der Waals surface area contributed by atoms with E-state index in [1.165, 1.54) is 36.7 Å². The van der Waals surface area contributed by atoms with Crippen LogP contribution in [0.15, 0.2) is 48.8 Å². The molecule has 0 spiro atoms. The van der Waals surface area contributed by atoms with E-state index in [1.807, 2.05) is 6.92 Å². The minimum atomic E-state index is -3.71. The highest BCUT2D eigenvalue weighted by Gasteiger charge is 2.46. The van der Waals surface area contributed by atoms with Crippen molar-refractivity contribution in [3.05, 3.63) is 64.9 Å². The van der Waals surface area contributed by atoms with Gasteiger partial charge in [-0.2, -0.15) is 8.78 Å². The maximum absolute atomic E-state index is 15.7. The fraction of sp³-hybridized carbons (Fsp3) is 0.464. The van der Waals surface area contributed by atoms with E-state index in [2.05, 4.69) is 20.9 Å². The van der Waals surface area contributed by atoms with Gasteiger partial charge < -0.3 is 25.4 Å². The smallest absolute Gasteiger partial charge is 0.408 e. The molecule has 0 radical (unpaired) electrons. The number of nitrogens with one attached hydrogen (secondary N) is 3. The molecule has 1 fully saturated rings. The lowest BCUT2D eigenvalue weighted by atomic mass is 9.97. The van der Waals surface area contributed by atoms with Gasteiger partial charge in [-0.25, -0.2) is 9.59 Å². The highest BCUT2D eigenvalue weighted by Crippen LogP contribution is 2.43. The number of rotatable bonds is 13. The standard InChI is InChI=1S/C28H33ClF2N4O6/c1-3-4-8-21(25(37)34-22(26(38)40-2)15-18-11-14-33-24(18)36)35-27(39)41-23(17-9-12-32-13-10-17)28(30,31)19-6-5-7-20(29)16-19/h5-7,9-10,12-13,16,18,21-23H,3-4,8,11,14-15H2,1-2H3,(H,33,36)(H,34,37)(H,35,39)/t18-,21-,22-,23?/m0/s1. The van der Waals surface area contributed by atoms with Crippen LogP contribution in [-0.2, 0) is 29.8 Å². The quantitative estimate of drug-likeness (QED) is 0.298. The van der Waals surface area contributed by atoms with Gasteiger partial charge >= 0.3 is 18.0 Å². The molecule has 41 heavy (non-hydrogen) atoms. The van der Waals surface area contributed by atoms with E-state index in [0.717, 1.165) is 19.2 Å². The van der Waals surface area contributed by atoms with E-state index >= 15 is 8.78 Å². The molecule has 1 saturated heterocycles. The van der Waals surface area contributed by atoms with Crippen LogP contribution < -0.4 is 16.0 Å². The number of benzene rings is 1. The number of unbranched alkanes of at least 4 members (excludes halogenated alkanes) is 1. The van der Waals surface area contributed by atoms with E-state index in [0.29, 0.717) is 25.8 Å². The second-order valence-electron chi connectivity index (χ2n) is 9.64. The summed E-state index contributed by atoms with van der Waals surface area (Å²) in [4.78, 5) is 54.5. The predicted octanol–water partition coefficient (Wildman–Crippen LogP) is 4.04. The van der Waals surface area contributed by atoms with Crippen molar-refractivity contribution in [2.24, 2.45) is 5.92 Å². The topological polar surface area (TPSA) is 136 Å². The van der Waals surface area contributed by atoms with Crippen molar-refractivity contribution in [2.75, 3.05) is 13.7 Å². The molecule has 3 N–H and O–H groups in total. The van der Waals surface area contributed by atoms with Crippen molar-refractivity contribution in [3.63, 3.8) is 0 Å². The van der Waals surface area contributed by atoms with Crippen molar-refractivity contribution in [1.29, 1.82) is 0 Å². The number of nitrogens with zero attached hydrogens (tertiary/aromatic N) is 1. The molecular weight excluding hydrogens is 562 g/mol. The van der Waals surface area contributed by atoms with E-state index in [-0.39, 0.29) is 29.3 Å². The summed E-state index contributed by atoms with van der Waals surface area (Å²) in [5.41, 5.74) is -0.507. The van der Waals surface area contributed by atoms with Crippen molar-refractivity contribution >= 4 is 35.5 Å². The third-order valence-corrected chi connectivity index (χ3v) is 6.95. The molecule has 1 aliphatic rings. The number of carbonyl (C=O) groups is 4. The average Bonchev–Trinajstić information content (AvgIpc) is 3.37. The summed E-state index contributed by atoms with van der Waals surface area (Å²) in [6.07, 6.45) is 1.01. The normalized spacial score (nSPS) is 17.1. The molecule has 0 saturated carbocycles. The number of pyridine rings is 1. The second-order valence-corrected chi connectivity index (χ2v) is 10.1. The summed E-state index contributed by atoms with van der Waals surface area (Å²) in [6, 6.07) is 5.24. The van der Waals surface area contributed by atoms with Crippen LogP contribution in [0.1, 0.15) is 56.3 Å². The summed E-state index contributed by atoms with van der Waals surface area (Å²) < 4.78 is 41.5. The van der Waals surface area contributed by atoms with Gasteiger partial charge in [0.05, 0.1) is 7.11 Å². The number of carbonyl (C=O) groups excluding carboxylic acids is 4. The Morgan fingerprint density at radius 3 is 2.51 bits per heavy atom. The molecule has 222 valence electrons. The van der Waals surface area contributed by atoms with Crippen LogP contribution in [0.5, 0.6) is 0 Å². The number of aromatic nitrogens is 1. The highest BCUT2D eigenvalue weighted by atomic mass is 35.5. The predicted molar refractivity (Wildman–Crippen MR) is 145 cm³/mol. The van der Waals surface area contributed by atoms with Crippen LogP contribution in [-0.4, -0.2) is 54.6 Å². The van der Waals surface area contributed by atoms with Gasteiger partial charge in [-0.3, -0.25) is 14.6 Å². The molecule has 3 amide bonds. The largest absolute Gasteiger partial charge is 0.467 e. The van der Waals surface area contributed by atoms with Gasteiger partial charge in [-0.15, -0.1) is 0 Å². The zero-order valence-corrected chi connectivity index (χ0v) is 23.5. The van der Waals surface area contributed by atoms with Crippen molar-refractivity contribution in [2.45, 2.75) is 63.1 Å². The molecule has 10 nitrogen and oxygen atoms in total. The molecule has 2 heterocycles. The number of halogens is 3. The Morgan fingerprint density at radius 2 is 1.90 bits per heavy atom. The SMILES string of the molecule is CCCC[C@H](NC(=O)OC(c1ccncc1)C(F)(F)c1cccc(Cl)c1)C(=O)N[C@@H](C[C@@H]1CCNC1=O)C(=O)OC. The molecule has 1 aliphatic heterocycles. The first-order valence-corrected chi connectivity index (χ1v) is 13.6. The second kappa shape index (κ2) is 14.7. The molecule has 4 atom stereocenters. The number of ether oxygens (including phenoxy) is 2. The fourth-order valence-corrected chi connectivity index (χ4v) is 4.67. The van der Waals surface area contributed by atoms with Crippen molar-refractivity contribution < 1.29 is 37.4 Å². The first-order valence-electron chi connectivity index (χ1n) is 13.2. The third-order valence-electron chi connectivity index (χ3n) is 6.71. The molecule has 0 aliphatic carbocycles. The maximum atomic E-state index is 15.7. The number of alkyl halides is 2. The lowest BCUT2D eigenvalue weighted by molar-refractivity contribution is -0.146. The van der Waals surface area contributed by atoms with Gasteiger partial charge in [0.2, 0.25) is 11.8 Å². The molecule has 1 aromatic carbocycles. The lowest BCUT2D eigenvalue weighted by Gasteiger charge is -2.29. The van der Waals surface area contributed by atoms with Crippen LogP contribution in [0, 0.1) is 5.92 Å². The van der Waals surface area contributed by atoms with Gasteiger partial charge in [-0.05, 0) is 43.5 Å². The van der Waals surface area contributed by atoms with Gasteiger partial charge in [0, 0.05) is 41.0 Å². The molecule has 0 bridgehead atoms. The Hall–Kier alpha value is -3.80. The summed E-state index contributed by atoms with van der Waals surface area (Å²) in [7, 11) is 1.15. The first kappa shape index (κ1) is 31.7. The molecule has 1 unspecified atom stereocenters. The molecular formula is C28H33ClF2N4O6. The minimum absolute atomic E-state index is 0.00512. The summed E-state index contributed by atoms with van der Waals surface area (Å²) in [6.45, 7) is 2.32. The van der Waals surface area contributed by atoms with Crippen LogP contribution in [0.3, 0.4) is 0 Å². The molecule has 2 aromatic rings. The van der Waals surface area contributed by atoms with Crippen LogP contribution >= 0.6 is 11.6 Å². The highest BCUT2D eigenvalue weighted by molar-refractivity contribution is 6.30. The molecule has 3 rings (SSSR count). The van der Waals surface area contributed by atoms with E-state index in [1.54, 1.807) is 0 Å². The Bertz CT molecular complexity index is 1220. The van der Waals surface area contributed by atoms with Gasteiger partial charge in [0.25, 0.3) is 0 Å². The Balaban J connectivity index is 1.79. The molecule has 1 aromatic heterocycles. The lowest BCUT2D eigenvalue weighted by Crippen LogP contribution is -2.52. The number of methoxy groups -OCH3 is 1. The number of esters is 1. The van der Waals surface area contributed by atoms with Gasteiger partial charge in [0.1, 0.15) is 12.1 Å². The Labute approximate surface area is 241 Å². The van der Waals surface area contributed by atoms with E-state index < -0.39 is 53.6 Å². The number of alkyl carbamates (subject to hydrolysis) is 1. The van der Waals surface area contributed by atoms with Crippen LogP contribution in [0.25, 0.3) is 0 Å². The number of hydrogen-bond donors (Lipinski definition) is 3. The van der Waals surface area contributed by atoms with Crippen molar-refractivity contribution in [1.82, 2.24) is 20.9 Å². The van der Waals surface area contributed by atoms with Gasteiger partial charge in [0.15, 0.2) is 6.10 Å².